The van der Waals surface area contributed by atoms with Gasteiger partial charge < -0.3 is 10.3 Å². The summed E-state index contributed by atoms with van der Waals surface area (Å²) < 4.78 is 4.98. The van der Waals surface area contributed by atoms with Gasteiger partial charge in [0.1, 0.15) is 5.69 Å². The van der Waals surface area contributed by atoms with Crippen LogP contribution in [0, 0.1) is 6.92 Å². The third kappa shape index (κ3) is 1.44. The summed E-state index contributed by atoms with van der Waals surface area (Å²) in [6.07, 6.45) is 3.32. The van der Waals surface area contributed by atoms with Crippen molar-refractivity contribution < 1.29 is 4.52 Å². The summed E-state index contributed by atoms with van der Waals surface area (Å²) in [4.78, 5) is 8.57. The van der Waals surface area contributed by atoms with Gasteiger partial charge in [0, 0.05) is 23.5 Å². The number of rotatable bonds is 1. The first-order valence-electron chi connectivity index (χ1n) is 5.19. The van der Waals surface area contributed by atoms with Gasteiger partial charge in [-0.05, 0) is 13.0 Å². The van der Waals surface area contributed by atoms with Crippen molar-refractivity contribution >= 4 is 16.9 Å². The lowest BCUT2D eigenvalue weighted by atomic mass is 10.1. The number of anilines is 1. The fourth-order valence-electron chi connectivity index (χ4n) is 1.78. The molecule has 0 fully saturated rings. The maximum Gasteiger partial charge on any atom is 0.225 e. The summed E-state index contributed by atoms with van der Waals surface area (Å²) in [6, 6.07) is 5.75. The number of hydrogen-bond donors (Lipinski definition) is 1. The molecule has 3 aromatic rings. The Morgan fingerprint density at radius 1 is 1.18 bits per heavy atom. The molecular weight excluding hydrogens is 216 g/mol. The Labute approximate surface area is 97.3 Å². The van der Waals surface area contributed by atoms with Crippen LogP contribution in [-0.2, 0) is 0 Å². The maximum absolute atomic E-state index is 5.66. The van der Waals surface area contributed by atoms with Crippen LogP contribution in [0.1, 0.15) is 5.56 Å². The van der Waals surface area contributed by atoms with Gasteiger partial charge in [-0.3, -0.25) is 9.97 Å². The van der Waals surface area contributed by atoms with E-state index < -0.39 is 0 Å². The molecular formula is C12H10N4O. The summed E-state index contributed by atoms with van der Waals surface area (Å²) in [7, 11) is 0. The Morgan fingerprint density at radius 3 is 2.76 bits per heavy atom. The molecule has 0 amide bonds. The smallest absolute Gasteiger partial charge is 0.225 e. The van der Waals surface area contributed by atoms with Crippen LogP contribution >= 0.6 is 0 Å². The summed E-state index contributed by atoms with van der Waals surface area (Å²) in [6.45, 7) is 1.87. The minimum Gasteiger partial charge on any atom is -0.367 e. The standard InChI is InChI=1S/C12H10N4O/c1-7-10(16-17-12(7)13)8-3-2-4-9-11(8)15-6-5-14-9/h2-6H,13H2,1H3. The van der Waals surface area contributed by atoms with E-state index in [1.54, 1.807) is 12.4 Å². The van der Waals surface area contributed by atoms with E-state index in [1.807, 2.05) is 25.1 Å². The van der Waals surface area contributed by atoms with Crippen molar-refractivity contribution in [2.24, 2.45) is 0 Å². The first-order chi connectivity index (χ1) is 8.27. The average Bonchev–Trinajstić information content (AvgIpc) is 2.69. The molecule has 0 saturated carbocycles. The van der Waals surface area contributed by atoms with Gasteiger partial charge in [0.05, 0.1) is 11.0 Å². The minimum atomic E-state index is 0.334. The third-order valence-electron chi connectivity index (χ3n) is 2.71. The monoisotopic (exact) mass is 226 g/mol. The number of benzene rings is 1. The molecule has 5 nitrogen and oxygen atoms in total. The molecule has 1 aromatic carbocycles. The molecule has 0 spiro atoms. The van der Waals surface area contributed by atoms with Gasteiger partial charge in [-0.2, -0.15) is 0 Å². The van der Waals surface area contributed by atoms with Gasteiger partial charge in [0.25, 0.3) is 0 Å². The van der Waals surface area contributed by atoms with Gasteiger partial charge >= 0.3 is 0 Å². The van der Waals surface area contributed by atoms with E-state index >= 15 is 0 Å². The molecule has 0 unspecified atom stereocenters. The number of nitrogens with two attached hydrogens (primary N) is 1. The van der Waals surface area contributed by atoms with Gasteiger partial charge in [-0.1, -0.05) is 17.3 Å². The molecule has 2 aromatic heterocycles. The Kier molecular flexibility index (Phi) is 2.04. The zero-order valence-electron chi connectivity index (χ0n) is 9.21. The van der Waals surface area contributed by atoms with Crippen LogP contribution in [0.4, 0.5) is 5.88 Å². The highest BCUT2D eigenvalue weighted by Crippen LogP contribution is 2.30. The first-order valence-corrected chi connectivity index (χ1v) is 5.19. The van der Waals surface area contributed by atoms with Crippen molar-refractivity contribution in [1.29, 1.82) is 0 Å². The van der Waals surface area contributed by atoms with Crippen LogP contribution in [0.5, 0.6) is 0 Å². The molecule has 0 radical (unpaired) electrons. The van der Waals surface area contributed by atoms with Gasteiger partial charge in [-0.25, -0.2) is 0 Å². The van der Waals surface area contributed by atoms with Crippen molar-refractivity contribution in [3.63, 3.8) is 0 Å². The largest absolute Gasteiger partial charge is 0.367 e. The summed E-state index contributed by atoms with van der Waals surface area (Å²) in [5, 5.41) is 3.97. The lowest BCUT2D eigenvalue weighted by Gasteiger charge is -2.01. The predicted octanol–water partition coefficient (Wildman–Crippen LogP) is 2.18. The molecule has 0 aliphatic heterocycles. The van der Waals surface area contributed by atoms with Crippen LogP contribution < -0.4 is 5.73 Å². The van der Waals surface area contributed by atoms with E-state index in [1.165, 1.54) is 0 Å². The highest BCUT2D eigenvalue weighted by atomic mass is 16.5. The van der Waals surface area contributed by atoms with Gasteiger partial charge in [-0.15, -0.1) is 0 Å². The van der Waals surface area contributed by atoms with Crippen molar-refractivity contribution in [2.45, 2.75) is 6.92 Å². The fourth-order valence-corrected chi connectivity index (χ4v) is 1.78. The first kappa shape index (κ1) is 9.77. The lowest BCUT2D eigenvalue weighted by Crippen LogP contribution is -1.89. The van der Waals surface area contributed by atoms with Crippen LogP contribution in [0.2, 0.25) is 0 Å². The third-order valence-corrected chi connectivity index (χ3v) is 2.71. The number of aromatic nitrogens is 3. The van der Waals surface area contributed by atoms with Crippen molar-refractivity contribution in [1.82, 2.24) is 15.1 Å². The van der Waals surface area contributed by atoms with Crippen LogP contribution in [0.15, 0.2) is 35.1 Å². The maximum atomic E-state index is 5.66. The SMILES string of the molecule is Cc1c(-c2cccc3nccnc23)noc1N. The number of nitrogen functional groups attached to an aromatic ring is 1. The molecule has 0 bridgehead atoms. The second-order valence-electron chi connectivity index (χ2n) is 3.75. The van der Waals surface area contributed by atoms with E-state index in [-0.39, 0.29) is 0 Å². The molecule has 3 rings (SSSR count). The van der Waals surface area contributed by atoms with Crippen molar-refractivity contribution in [2.75, 3.05) is 5.73 Å². The molecule has 0 aliphatic rings. The highest BCUT2D eigenvalue weighted by Gasteiger charge is 2.14. The zero-order chi connectivity index (χ0) is 11.8. The Balaban J connectivity index is 2.34. The molecule has 5 heteroatoms. The highest BCUT2D eigenvalue weighted by molar-refractivity contribution is 5.91. The van der Waals surface area contributed by atoms with E-state index in [4.69, 9.17) is 10.3 Å². The number of nitrogens with zero attached hydrogens (tertiary/aromatic N) is 3. The van der Waals surface area contributed by atoms with E-state index in [0.29, 0.717) is 11.6 Å². The van der Waals surface area contributed by atoms with Gasteiger partial charge in [0.2, 0.25) is 5.88 Å². The number of fused-ring (bicyclic) bond motifs is 1. The summed E-state index contributed by atoms with van der Waals surface area (Å²) in [5.74, 6) is 0.334. The van der Waals surface area contributed by atoms with Crippen LogP contribution in [0.25, 0.3) is 22.3 Å². The van der Waals surface area contributed by atoms with Crippen LogP contribution in [0.3, 0.4) is 0 Å². The zero-order valence-corrected chi connectivity index (χ0v) is 9.21. The lowest BCUT2D eigenvalue weighted by molar-refractivity contribution is 0.439. The molecule has 84 valence electrons. The second kappa shape index (κ2) is 3.55. The van der Waals surface area contributed by atoms with E-state index in [2.05, 4.69) is 15.1 Å². The van der Waals surface area contributed by atoms with Crippen molar-refractivity contribution in [3.8, 4) is 11.3 Å². The molecule has 0 saturated heterocycles. The normalized spacial score (nSPS) is 10.9. The Hall–Kier alpha value is -2.43. The molecule has 0 aliphatic carbocycles. The van der Waals surface area contributed by atoms with E-state index in [9.17, 15) is 0 Å². The van der Waals surface area contributed by atoms with Crippen molar-refractivity contribution in [3.05, 3.63) is 36.2 Å². The predicted molar refractivity (Wildman–Crippen MR) is 64.2 cm³/mol. The van der Waals surface area contributed by atoms with Gasteiger partial charge in [0.15, 0.2) is 0 Å². The fraction of sp³-hybridized carbons (Fsp3) is 0.0833. The Bertz CT molecular complexity index is 685. The number of hydrogen-bond acceptors (Lipinski definition) is 5. The minimum absolute atomic E-state index is 0.334. The second-order valence-corrected chi connectivity index (χ2v) is 3.75. The molecule has 2 heterocycles. The topological polar surface area (TPSA) is 77.8 Å². The summed E-state index contributed by atoms with van der Waals surface area (Å²) in [5.41, 5.74) is 9.70. The molecule has 17 heavy (non-hydrogen) atoms. The Morgan fingerprint density at radius 2 is 2.00 bits per heavy atom. The van der Waals surface area contributed by atoms with Crippen LogP contribution in [-0.4, -0.2) is 15.1 Å². The molecule has 0 atom stereocenters. The average molecular weight is 226 g/mol. The quantitative estimate of drug-likeness (QED) is 0.688. The van der Waals surface area contributed by atoms with E-state index in [0.717, 1.165) is 22.2 Å². The molecule has 2 N–H and O–H groups in total. The number of para-hydroxylation sites is 1. The summed E-state index contributed by atoms with van der Waals surface area (Å²) >= 11 is 0.